The first-order chi connectivity index (χ1) is 9.02. The maximum absolute atomic E-state index is 11.7. The Bertz CT molecular complexity index is 418. The van der Waals surface area contributed by atoms with Gasteiger partial charge in [-0.15, -0.1) is 0 Å². The molecule has 104 valence electrons. The molecule has 0 aliphatic carbocycles. The SMILES string of the molecule is CNC(=O)NC(=O)CN(Cc1ccccc1)C(C)C. The first-order valence-electron chi connectivity index (χ1n) is 6.32. The number of carbonyl (C=O) groups excluding carboxylic acids is 2. The number of amides is 3. The third-order valence-corrected chi connectivity index (χ3v) is 2.79. The Morgan fingerprint density at radius 1 is 1.21 bits per heavy atom. The molecule has 1 aromatic carbocycles. The molecule has 0 atom stereocenters. The van der Waals surface area contributed by atoms with Crippen molar-refractivity contribution in [3.05, 3.63) is 35.9 Å². The Morgan fingerprint density at radius 3 is 2.37 bits per heavy atom. The molecule has 5 nitrogen and oxygen atoms in total. The molecule has 0 fully saturated rings. The summed E-state index contributed by atoms with van der Waals surface area (Å²) in [5.74, 6) is -0.302. The number of nitrogens with zero attached hydrogens (tertiary/aromatic N) is 1. The standard InChI is InChI=1S/C14H21N3O2/c1-11(2)17(9-12-7-5-4-6-8-12)10-13(18)16-14(19)15-3/h4-8,11H,9-10H2,1-3H3,(H2,15,16,18,19). The lowest BCUT2D eigenvalue weighted by Gasteiger charge is -2.25. The van der Waals surface area contributed by atoms with Gasteiger partial charge >= 0.3 is 6.03 Å². The summed E-state index contributed by atoms with van der Waals surface area (Å²) in [5, 5.41) is 4.63. The molecule has 0 unspecified atom stereocenters. The quantitative estimate of drug-likeness (QED) is 0.843. The van der Waals surface area contributed by atoms with Crippen molar-refractivity contribution in [3.63, 3.8) is 0 Å². The van der Waals surface area contributed by atoms with Crippen LogP contribution in [0.5, 0.6) is 0 Å². The van der Waals surface area contributed by atoms with Gasteiger partial charge in [-0.1, -0.05) is 30.3 Å². The normalized spacial score (nSPS) is 10.6. The topological polar surface area (TPSA) is 61.4 Å². The number of benzene rings is 1. The molecule has 0 heterocycles. The lowest BCUT2D eigenvalue weighted by Crippen LogP contribution is -2.45. The van der Waals surface area contributed by atoms with Gasteiger partial charge in [-0.05, 0) is 19.4 Å². The highest BCUT2D eigenvalue weighted by atomic mass is 16.2. The Labute approximate surface area is 114 Å². The first kappa shape index (κ1) is 15.2. The van der Waals surface area contributed by atoms with E-state index in [0.717, 1.165) is 5.56 Å². The van der Waals surface area contributed by atoms with Crippen LogP contribution in [0.15, 0.2) is 30.3 Å². The average Bonchev–Trinajstić information content (AvgIpc) is 2.38. The molecular formula is C14H21N3O2. The fourth-order valence-electron chi connectivity index (χ4n) is 1.65. The van der Waals surface area contributed by atoms with Crippen LogP contribution in [-0.4, -0.2) is 36.5 Å². The Morgan fingerprint density at radius 2 is 1.84 bits per heavy atom. The second-order valence-corrected chi connectivity index (χ2v) is 4.61. The van der Waals surface area contributed by atoms with E-state index in [1.165, 1.54) is 7.05 Å². The lowest BCUT2D eigenvalue weighted by molar-refractivity contribution is -0.121. The van der Waals surface area contributed by atoms with Gasteiger partial charge in [0.15, 0.2) is 0 Å². The summed E-state index contributed by atoms with van der Waals surface area (Å²) in [5.41, 5.74) is 1.14. The monoisotopic (exact) mass is 263 g/mol. The highest BCUT2D eigenvalue weighted by Crippen LogP contribution is 2.07. The van der Waals surface area contributed by atoms with Crippen molar-refractivity contribution in [2.75, 3.05) is 13.6 Å². The fourth-order valence-corrected chi connectivity index (χ4v) is 1.65. The van der Waals surface area contributed by atoms with Gasteiger partial charge in [-0.2, -0.15) is 0 Å². The molecule has 0 bridgehead atoms. The van der Waals surface area contributed by atoms with E-state index in [9.17, 15) is 9.59 Å². The number of hydrogen-bond acceptors (Lipinski definition) is 3. The fraction of sp³-hybridized carbons (Fsp3) is 0.429. The van der Waals surface area contributed by atoms with Gasteiger partial charge in [-0.25, -0.2) is 4.79 Å². The summed E-state index contributed by atoms with van der Waals surface area (Å²) in [6.07, 6.45) is 0. The van der Waals surface area contributed by atoms with Crippen LogP contribution in [-0.2, 0) is 11.3 Å². The minimum Gasteiger partial charge on any atom is -0.341 e. The number of urea groups is 1. The summed E-state index contributed by atoms with van der Waals surface area (Å²) in [7, 11) is 1.48. The summed E-state index contributed by atoms with van der Waals surface area (Å²) in [6, 6.07) is 9.68. The molecule has 0 aliphatic heterocycles. The lowest BCUT2D eigenvalue weighted by atomic mass is 10.2. The van der Waals surface area contributed by atoms with Crippen LogP contribution in [0.1, 0.15) is 19.4 Å². The predicted molar refractivity (Wildman–Crippen MR) is 74.6 cm³/mol. The molecule has 0 aromatic heterocycles. The number of nitrogens with one attached hydrogen (secondary N) is 2. The molecule has 0 spiro atoms. The molecule has 1 rings (SSSR count). The van der Waals surface area contributed by atoms with Crippen LogP contribution < -0.4 is 10.6 Å². The summed E-state index contributed by atoms with van der Waals surface area (Å²) in [4.78, 5) is 24.8. The van der Waals surface area contributed by atoms with Crippen molar-refractivity contribution in [3.8, 4) is 0 Å². The van der Waals surface area contributed by atoms with Crippen LogP contribution in [0, 0.1) is 0 Å². The molecule has 5 heteroatoms. The summed E-state index contributed by atoms with van der Waals surface area (Å²) < 4.78 is 0. The minimum absolute atomic E-state index is 0.194. The van der Waals surface area contributed by atoms with Crippen LogP contribution in [0.3, 0.4) is 0 Å². The van der Waals surface area contributed by atoms with Gasteiger partial charge in [0.25, 0.3) is 0 Å². The second-order valence-electron chi connectivity index (χ2n) is 4.61. The van der Waals surface area contributed by atoms with E-state index in [1.807, 2.05) is 49.1 Å². The van der Waals surface area contributed by atoms with E-state index >= 15 is 0 Å². The second kappa shape index (κ2) is 7.53. The minimum atomic E-state index is -0.478. The number of rotatable bonds is 5. The summed E-state index contributed by atoms with van der Waals surface area (Å²) in [6.45, 7) is 4.92. The number of imide groups is 1. The highest BCUT2D eigenvalue weighted by Gasteiger charge is 2.15. The molecule has 1 aromatic rings. The maximum atomic E-state index is 11.7. The van der Waals surface area contributed by atoms with E-state index < -0.39 is 6.03 Å². The van der Waals surface area contributed by atoms with Crippen molar-refractivity contribution in [2.24, 2.45) is 0 Å². The zero-order valence-electron chi connectivity index (χ0n) is 11.6. The Hall–Kier alpha value is -1.88. The van der Waals surface area contributed by atoms with E-state index in [2.05, 4.69) is 10.6 Å². The third kappa shape index (κ3) is 5.52. The van der Waals surface area contributed by atoms with E-state index in [4.69, 9.17) is 0 Å². The zero-order chi connectivity index (χ0) is 14.3. The molecule has 0 aliphatic rings. The molecule has 19 heavy (non-hydrogen) atoms. The first-order valence-corrected chi connectivity index (χ1v) is 6.32. The van der Waals surface area contributed by atoms with E-state index in [0.29, 0.717) is 6.54 Å². The molecule has 2 N–H and O–H groups in total. The summed E-state index contributed by atoms with van der Waals surface area (Å²) >= 11 is 0. The zero-order valence-corrected chi connectivity index (χ0v) is 11.6. The highest BCUT2D eigenvalue weighted by molar-refractivity contribution is 5.95. The number of carbonyl (C=O) groups is 2. The van der Waals surface area contributed by atoms with E-state index in [-0.39, 0.29) is 18.5 Å². The van der Waals surface area contributed by atoms with Gasteiger partial charge in [0.05, 0.1) is 6.54 Å². The van der Waals surface area contributed by atoms with Crippen molar-refractivity contribution in [1.29, 1.82) is 0 Å². The predicted octanol–water partition coefficient (Wildman–Crippen LogP) is 1.35. The van der Waals surface area contributed by atoms with Gasteiger partial charge in [-0.3, -0.25) is 15.0 Å². The van der Waals surface area contributed by atoms with E-state index in [1.54, 1.807) is 0 Å². The van der Waals surface area contributed by atoms with Gasteiger partial charge in [0, 0.05) is 19.6 Å². The van der Waals surface area contributed by atoms with Crippen molar-refractivity contribution in [2.45, 2.75) is 26.4 Å². The van der Waals surface area contributed by atoms with Gasteiger partial charge in [0.1, 0.15) is 0 Å². The molecule has 0 saturated carbocycles. The van der Waals surface area contributed by atoms with Crippen LogP contribution in [0.4, 0.5) is 4.79 Å². The average molecular weight is 263 g/mol. The van der Waals surface area contributed by atoms with Crippen molar-refractivity contribution >= 4 is 11.9 Å². The third-order valence-electron chi connectivity index (χ3n) is 2.79. The Balaban J connectivity index is 2.58. The molecule has 3 amide bonds. The molecule has 0 radical (unpaired) electrons. The van der Waals surface area contributed by atoms with Crippen molar-refractivity contribution in [1.82, 2.24) is 15.5 Å². The van der Waals surface area contributed by atoms with Gasteiger partial charge in [0.2, 0.25) is 5.91 Å². The molecule has 0 saturated heterocycles. The maximum Gasteiger partial charge on any atom is 0.321 e. The largest absolute Gasteiger partial charge is 0.341 e. The van der Waals surface area contributed by atoms with Gasteiger partial charge < -0.3 is 5.32 Å². The Kier molecular flexibility index (Phi) is 6.02. The molecular weight excluding hydrogens is 242 g/mol. The van der Waals surface area contributed by atoms with Crippen LogP contribution in [0.2, 0.25) is 0 Å². The number of hydrogen-bond donors (Lipinski definition) is 2. The smallest absolute Gasteiger partial charge is 0.321 e. The van der Waals surface area contributed by atoms with Crippen LogP contribution in [0.25, 0.3) is 0 Å². The van der Waals surface area contributed by atoms with Crippen molar-refractivity contribution < 1.29 is 9.59 Å². The van der Waals surface area contributed by atoms with Crippen LogP contribution >= 0.6 is 0 Å².